The predicted octanol–water partition coefficient (Wildman–Crippen LogP) is 5.29. The van der Waals surface area contributed by atoms with E-state index in [1.807, 2.05) is 55.5 Å². The molecule has 0 unspecified atom stereocenters. The largest absolute Gasteiger partial charge is 0.497 e. The number of nitrogens with zero attached hydrogens (tertiary/aromatic N) is 2. The van der Waals surface area contributed by atoms with Crippen LogP contribution in [0.5, 0.6) is 5.75 Å². The Bertz CT molecular complexity index is 1020. The predicted molar refractivity (Wildman–Crippen MR) is 121 cm³/mol. The van der Waals surface area contributed by atoms with Gasteiger partial charge in [0.25, 0.3) is 5.91 Å². The molecule has 6 heteroatoms. The zero-order chi connectivity index (χ0) is 21.6. The number of likely N-dealkylation sites (tertiary alicyclic amines) is 1. The third kappa shape index (κ3) is 4.97. The lowest BCUT2D eigenvalue weighted by atomic mass is 10.0. The Morgan fingerprint density at radius 2 is 1.77 bits per heavy atom. The number of carbonyl (C=O) groups is 1. The highest BCUT2D eigenvalue weighted by atomic mass is 16.5. The topological polar surface area (TPSA) is 67.6 Å². The fourth-order valence-electron chi connectivity index (χ4n) is 4.07. The molecule has 0 radical (unpaired) electrons. The lowest BCUT2D eigenvalue weighted by Gasteiger charge is -2.19. The van der Waals surface area contributed by atoms with Gasteiger partial charge in [0.15, 0.2) is 5.69 Å². The molecule has 0 aliphatic carbocycles. The van der Waals surface area contributed by atoms with Crippen LogP contribution in [0.1, 0.15) is 47.5 Å². The van der Waals surface area contributed by atoms with Gasteiger partial charge in [-0.25, -0.2) is 0 Å². The molecule has 0 spiro atoms. The minimum atomic E-state index is -0.248. The fraction of sp³-hybridized carbons (Fsp3) is 0.360. The zero-order valence-corrected chi connectivity index (χ0v) is 18.2. The summed E-state index contributed by atoms with van der Waals surface area (Å²) in [5, 5.41) is 7.14. The van der Waals surface area contributed by atoms with Crippen molar-refractivity contribution >= 4 is 11.6 Å². The Morgan fingerprint density at radius 3 is 2.48 bits per heavy atom. The van der Waals surface area contributed by atoms with E-state index in [2.05, 4.69) is 15.4 Å². The molecule has 1 aromatic heterocycles. The van der Waals surface area contributed by atoms with E-state index in [1.165, 1.54) is 25.7 Å². The van der Waals surface area contributed by atoms with Crippen LogP contribution in [0, 0.1) is 6.92 Å². The van der Waals surface area contributed by atoms with Gasteiger partial charge in [-0.05, 0) is 56.6 Å². The van der Waals surface area contributed by atoms with E-state index in [0.717, 1.165) is 41.2 Å². The Morgan fingerprint density at radius 1 is 1.06 bits per heavy atom. The van der Waals surface area contributed by atoms with Gasteiger partial charge < -0.3 is 14.6 Å². The molecule has 6 nitrogen and oxygen atoms in total. The monoisotopic (exact) mass is 419 g/mol. The minimum Gasteiger partial charge on any atom is -0.497 e. The summed E-state index contributed by atoms with van der Waals surface area (Å²) in [6.07, 6.45) is 4.94. The van der Waals surface area contributed by atoms with Crippen molar-refractivity contribution in [2.24, 2.45) is 0 Å². The second-order valence-electron chi connectivity index (χ2n) is 7.98. The number of ether oxygens (including phenoxy) is 1. The Labute approximate surface area is 183 Å². The van der Waals surface area contributed by atoms with Gasteiger partial charge in [-0.2, -0.15) is 0 Å². The van der Waals surface area contributed by atoms with Crippen LogP contribution < -0.4 is 10.1 Å². The molecule has 1 fully saturated rings. The molecule has 2 aromatic carbocycles. The number of anilines is 1. The molecule has 3 aromatic rings. The van der Waals surface area contributed by atoms with Gasteiger partial charge in [-0.3, -0.25) is 9.69 Å². The summed E-state index contributed by atoms with van der Waals surface area (Å²) in [4.78, 5) is 15.6. The average molecular weight is 420 g/mol. The molecular weight excluding hydrogens is 390 g/mol. The molecule has 162 valence electrons. The van der Waals surface area contributed by atoms with Crippen molar-refractivity contribution in [1.29, 1.82) is 0 Å². The molecule has 31 heavy (non-hydrogen) atoms. The van der Waals surface area contributed by atoms with E-state index in [1.54, 1.807) is 7.11 Å². The summed E-state index contributed by atoms with van der Waals surface area (Å²) in [6, 6.07) is 15.5. The minimum absolute atomic E-state index is 0.248. The average Bonchev–Trinajstić information content (AvgIpc) is 2.99. The number of aryl methyl sites for hydroxylation is 1. The number of nitrogens with one attached hydrogen (secondary N) is 1. The molecule has 0 saturated carbocycles. The number of hydrogen-bond donors (Lipinski definition) is 1. The second-order valence-corrected chi connectivity index (χ2v) is 7.98. The first kappa shape index (κ1) is 21.1. The van der Waals surface area contributed by atoms with Crippen LogP contribution in [0.4, 0.5) is 5.69 Å². The summed E-state index contributed by atoms with van der Waals surface area (Å²) in [6.45, 7) is 4.67. The van der Waals surface area contributed by atoms with Crippen molar-refractivity contribution in [3.05, 3.63) is 65.5 Å². The van der Waals surface area contributed by atoms with Gasteiger partial charge in [0.05, 0.1) is 7.11 Å². The Balaban J connectivity index is 1.55. The molecule has 1 N–H and O–H groups in total. The summed E-state index contributed by atoms with van der Waals surface area (Å²) >= 11 is 0. The van der Waals surface area contributed by atoms with E-state index in [4.69, 9.17) is 9.26 Å². The van der Waals surface area contributed by atoms with Gasteiger partial charge in [0.1, 0.15) is 11.5 Å². The van der Waals surface area contributed by atoms with E-state index in [-0.39, 0.29) is 5.91 Å². The van der Waals surface area contributed by atoms with E-state index >= 15 is 0 Å². The van der Waals surface area contributed by atoms with Crippen molar-refractivity contribution in [3.8, 4) is 16.9 Å². The smallest absolute Gasteiger partial charge is 0.278 e. The fourth-order valence-corrected chi connectivity index (χ4v) is 4.07. The molecule has 4 rings (SSSR count). The first-order valence-corrected chi connectivity index (χ1v) is 10.9. The van der Waals surface area contributed by atoms with E-state index < -0.39 is 0 Å². The Hall–Kier alpha value is -3.12. The second kappa shape index (κ2) is 9.79. The van der Waals surface area contributed by atoms with Crippen LogP contribution in [0.25, 0.3) is 11.1 Å². The molecule has 2 heterocycles. The number of aromatic nitrogens is 1. The van der Waals surface area contributed by atoms with Crippen LogP contribution in [0.15, 0.2) is 53.1 Å². The van der Waals surface area contributed by atoms with Crippen molar-refractivity contribution in [1.82, 2.24) is 10.1 Å². The quantitative estimate of drug-likeness (QED) is 0.588. The summed E-state index contributed by atoms with van der Waals surface area (Å²) in [5.74, 6) is 1.25. The van der Waals surface area contributed by atoms with Crippen LogP contribution in [-0.2, 0) is 6.54 Å². The van der Waals surface area contributed by atoms with Crippen molar-refractivity contribution in [2.45, 2.75) is 39.2 Å². The maximum atomic E-state index is 13.2. The number of benzene rings is 2. The van der Waals surface area contributed by atoms with Crippen LogP contribution >= 0.6 is 0 Å². The molecule has 1 aliphatic rings. The van der Waals surface area contributed by atoms with E-state index in [0.29, 0.717) is 18.0 Å². The van der Waals surface area contributed by atoms with Crippen LogP contribution in [0.3, 0.4) is 0 Å². The maximum Gasteiger partial charge on any atom is 0.278 e. The summed E-state index contributed by atoms with van der Waals surface area (Å²) in [5.41, 5.74) is 3.91. The highest BCUT2D eigenvalue weighted by Gasteiger charge is 2.23. The van der Waals surface area contributed by atoms with Gasteiger partial charge >= 0.3 is 0 Å². The summed E-state index contributed by atoms with van der Waals surface area (Å²) in [7, 11) is 1.65. The Kier molecular flexibility index (Phi) is 6.67. The number of rotatable bonds is 6. The highest BCUT2D eigenvalue weighted by molar-refractivity contribution is 6.06. The molecule has 1 saturated heterocycles. The van der Waals surface area contributed by atoms with Gasteiger partial charge in [0, 0.05) is 23.4 Å². The summed E-state index contributed by atoms with van der Waals surface area (Å²) < 4.78 is 10.7. The zero-order valence-electron chi connectivity index (χ0n) is 18.2. The van der Waals surface area contributed by atoms with Crippen molar-refractivity contribution in [2.75, 3.05) is 25.5 Å². The van der Waals surface area contributed by atoms with Crippen LogP contribution in [-0.4, -0.2) is 36.2 Å². The van der Waals surface area contributed by atoms with Crippen molar-refractivity contribution in [3.63, 3.8) is 0 Å². The van der Waals surface area contributed by atoms with Crippen molar-refractivity contribution < 1.29 is 14.1 Å². The number of hydrogen-bond acceptors (Lipinski definition) is 5. The third-order valence-electron chi connectivity index (χ3n) is 5.86. The number of methoxy groups -OCH3 is 1. The number of para-hydroxylation sites is 1. The molecule has 1 amide bonds. The normalized spacial score (nSPS) is 14.8. The van der Waals surface area contributed by atoms with Crippen LogP contribution in [0.2, 0.25) is 0 Å². The molecule has 0 atom stereocenters. The van der Waals surface area contributed by atoms with Gasteiger partial charge in [-0.1, -0.05) is 48.3 Å². The first-order valence-electron chi connectivity index (χ1n) is 10.9. The number of amides is 1. The highest BCUT2D eigenvalue weighted by Crippen LogP contribution is 2.30. The molecule has 0 bridgehead atoms. The number of carbonyl (C=O) groups excluding carboxylic acids is 1. The molecular formula is C25H29N3O3. The maximum absolute atomic E-state index is 13.2. The SMILES string of the molecule is COc1ccc(-c2ccccc2NC(=O)c2noc(C)c2CN2CCCCCC2)cc1. The standard InChI is InChI=1S/C25H29N3O3/c1-18-22(17-28-15-7-3-4-8-16-28)24(27-31-18)25(29)26-23-10-6-5-9-21(23)19-11-13-20(30-2)14-12-19/h5-6,9-14H,3-4,7-8,15-17H2,1-2H3,(H,26,29). The first-order chi connectivity index (χ1) is 15.2. The third-order valence-corrected chi connectivity index (χ3v) is 5.86. The lowest BCUT2D eigenvalue weighted by molar-refractivity contribution is 0.101. The lowest BCUT2D eigenvalue weighted by Crippen LogP contribution is -2.26. The van der Waals surface area contributed by atoms with Gasteiger partial charge in [0.2, 0.25) is 0 Å². The molecule has 1 aliphatic heterocycles. The van der Waals surface area contributed by atoms with E-state index in [9.17, 15) is 4.79 Å². The van der Waals surface area contributed by atoms with Gasteiger partial charge in [-0.15, -0.1) is 0 Å².